The molecule has 0 fully saturated rings. The summed E-state index contributed by atoms with van der Waals surface area (Å²) in [5, 5.41) is 6.18. The molecule has 0 spiro atoms. The smallest absolute Gasteiger partial charge is 0.221 e. The van der Waals surface area contributed by atoms with Crippen LogP contribution < -0.4 is 5.32 Å². The van der Waals surface area contributed by atoms with Crippen LogP contribution in [-0.4, -0.2) is 20.3 Å². The van der Waals surface area contributed by atoms with Crippen LogP contribution in [0.25, 0.3) is 15.9 Å². The van der Waals surface area contributed by atoms with E-state index in [1.54, 1.807) is 11.3 Å². The second kappa shape index (κ2) is 4.70. The molecule has 0 unspecified atom stereocenters. The van der Waals surface area contributed by atoms with E-state index in [1.807, 2.05) is 23.8 Å². The van der Waals surface area contributed by atoms with E-state index in [2.05, 4.69) is 32.9 Å². The number of nitrogens with one attached hydrogen (secondary N) is 2. The number of carbonyl (C=O) groups is 1. The van der Waals surface area contributed by atoms with Crippen LogP contribution in [0.5, 0.6) is 0 Å². The Morgan fingerprint density at radius 2 is 2.26 bits per heavy atom. The fourth-order valence-corrected chi connectivity index (χ4v) is 4.29. The van der Waals surface area contributed by atoms with Crippen molar-refractivity contribution in [3.05, 3.63) is 59.0 Å². The maximum Gasteiger partial charge on any atom is 0.221 e. The first-order valence-electron chi connectivity index (χ1n) is 7.58. The molecule has 114 valence electrons. The summed E-state index contributed by atoms with van der Waals surface area (Å²) >= 11 is 1.62. The fraction of sp³-hybridized carbons (Fsp3) is 0.176. The van der Waals surface area contributed by atoms with Gasteiger partial charge in [-0.15, -0.1) is 11.3 Å². The Hall–Kier alpha value is -2.60. The number of fused-ring (bicyclic) bond motifs is 4. The number of H-pyrrole nitrogens is 1. The summed E-state index contributed by atoms with van der Waals surface area (Å²) in [4.78, 5) is 21.2. The lowest BCUT2D eigenvalue weighted by atomic mass is 9.89. The third-order valence-corrected chi connectivity index (χ3v) is 5.31. The number of aromatic amines is 1. The lowest BCUT2D eigenvalue weighted by Crippen LogP contribution is -2.21. The van der Waals surface area contributed by atoms with Gasteiger partial charge >= 0.3 is 0 Å². The third kappa shape index (κ3) is 1.85. The van der Waals surface area contributed by atoms with Gasteiger partial charge < -0.3 is 10.3 Å². The molecule has 4 heterocycles. The Labute approximate surface area is 136 Å². The molecular weight excluding hydrogens is 308 g/mol. The van der Waals surface area contributed by atoms with Crippen molar-refractivity contribution in [3.8, 4) is 0 Å². The Kier molecular flexibility index (Phi) is 2.63. The summed E-state index contributed by atoms with van der Waals surface area (Å²) in [5.74, 6) is 0.0844. The highest BCUT2D eigenvalue weighted by Crippen LogP contribution is 2.37. The predicted molar refractivity (Wildman–Crippen MR) is 89.7 cm³/mol. The summed E-state index contributed by atoms with van der Waals surface area (Å²) in [6.07, 6.45) is 4.44. The second-order valence-electron chi connectivity index (χ2n) is 5.82. The van der Waals surface area contributed by atoms with E-state index in [9.17, 15) is 4.79 Å². The number of aromatic nitrogens is 3. The van der Waals surface area contributed by atoms with Crippen molar-refractivity contribution in [3.63, 3.8) is 0 Å². The van der Waals surface area contributed by atoms with Crippen LogP contribution >= 0.6 is 11.3 Å². The van der Waals surface area contributed by atoms with Gasteiger partial charge in [0.25, 0.3) is 0 Å². The van der Waals surface area contributed by atoms with E-state index in [1.165, 1.54) is 10.9 Å². The molecule has 6 heteroatoms. The highest BCUT2D eigenvalue weighted by Gasteiger charge is 2.30. The van der Waals surface area contributed by atoms with Gasteiger partial charge in [0.05, 0.1) is 17.9 Å². The van der Waals surface area contributed by atoms with Crippen LogP contribution in [0.2, 0.25) is 0 Å². The topological polar surface area (TPSA) is 62.2 Å². The largest absolute Gasteiger partial charge is 0.361 e. The van der Waals surface area contributed by atoms with Gasteiger partial charge in [-0.1, -0.05) is 12.1 Å². The minimum Gasteiger partial charge on any atom is -0.361 e. The number of imidazole rings is 1. The van der Waals surface area contributed by atoms with Gasteiger partial charge in [0.15, 0.2) is 4.96 Å². The van der Waals surface area contributed by atoms with Gasteiger partial charge in [-0.2, -0.15) is 0 Å². The molecule has 4 aromatic rings. The summed E-state index contributed by atoms with van der Waals surface area (Å²) in [6.45, 7) is 0.502. The van der Waals surface area contributed by atoms with Gasteiger partial charge in [0, 0.05) is 41.0 Å². The number of amides is 1. The van der Waals surface area contributed by atoms with Crippen molar-refractivity contribution < 1.29 is 4.79 Å². The Morgan fingerprint density at radius 3 is 3.22 bits per heavy atom. The van der Waals surface area contributed by atoms with E-state index in [0.717, 1.165) is 21.9 Å². The highest BCUT2D eigenvalue weighted by atomic mass is 32.1. The zero-order valence-electron chi connectivity index (χ0n) is 12.2. The average Bonchev–Trinajstić information content (AvgIpc) is 3.23. The van der Waals surface area contributed by atoms with Crippen LogP contribution in [0.3, 0.4) is 0 Å². The third-order valence-electron chi connectivity index (χ3n) is 4.55. The number of benzene rings is 1. The fourth-order valence-electron chi connectivity index (χ4n) is 3.55. The molecule has 2 N–H and O–H groups in total. The van der Waals surface area contributed by atoms with Crippen LogP contribution in [-0.2, 0) is 11.3 Å². The SMILES string of the molecule is O=C1C[C@H](c2cccc3[nH]ccc23)c2c(nc3sccn23)CN1. The molecule has 0 bridgehead atoms. The van der Waals surface area contributed by atoms with Crippen molar-refractivity contribution in [2.24, 2.45) is 0 Å². The first-order chi connectivity index (χ1) is 11.3. The first-order valence-corrected chi connectivity index (χ1v) is 8.46. The summed E-state index contributed by atoms with van der Waals surface area (Å²) in [6, 6.07) is 8.31. The molecule has 1 atom stereocenters. The summed E-state index contributed by atoms with van der Waals surface area (Å²) in [5.41, 5.74) is 4.38. The lowest BCUT2D eigenvalue weighted by molar-refractivity contribution is -0.121. The number of nitrogens with zero attached hydrogens (tertiary/aromatic N) is 2. The van der Waals surface area contributed by atoms with Crippen molar-refractivity contribution in [1.82, 2.24) is 19.7 Å². The van der Waals surface area contributed by atoms with Crippen LogP contribution in [0.4, 0.5) is 0 Å². The molecule has 1 aliphatic heterocycles. The molecule has 3 aromatic heterocycles. The zero-order valence-corrected chi connectivity index (χ0v) is 13.1. The monoisotopic (exact) mass is 322 g/mol. The molecule has 1 aromatic carbocycles. The van der Waals surface area contributed by atoms with Gasteiger partial charge in [-0.25, -0.2) is 4.98 Å². The first kappa shape index (κ1) is 12.9. The molecule has 5 rings (SSSR count). The molecule has 0 aliphatic carbocycles. The number of hydrogen-bond acceptors (Lipinski definition) is 3. The van der Waals surface area contributed by atoms with Crippen LogP contribution in [0, 0.1) is 0 Å². The molecule has 23 heavy (non-hydrogen) atoms. The summed E-state index contributed by atoms with van der Waals surface area (Å²) in [7, 11) is 0. The summed E-state index contributed by atoms with van der Waals surface area (Å²) < 4.78 is 2.14. The molecule has 5 nitrogen and oxygen atoms in total. The van der Waals surface area contributed by atoms with E-state index in [-0.39, 0.29) is 11.8 Å². The molecule has 0 saturated heterocycles. The standard InChI is InChI=1S/C17H14N4OS/c22-15-8-12(10-2-1-3-13-11(10)4-5-18-13)16-14(9-19-15)20-17-21(16)6-7-23-17/h1-7,12,18H,8-9H2,(H,19,22)/t12-/m1/s1. The Bertz CT molecular complexity index is 1040. The maximum atomic E-state index is 12.2. The zero-order chi connectivity index (χ0) is 15.4. The van der Waals surface area contributed by atoms with Gasteiger partial charge in [-0.3, -0.25) is 9.20 Å². The van der Waals surface area contributed by atoms with E-state index < -0.39 is 0 Å². The minimum atomic E-state index is 0.0107. The average molecular weight is 322 g/mol. The van der Waals surface area contributed by atoms with E-state index in [4.69, 9.17) is 4.98 Å². The van der Waals surface area contributed by atoms with Crippen LogP contribution in [0.15, 0.2) is 42.0 Å². The number of carbonyl (C=O) groups excluding carboxylic acids is 1. The molecule has 0 saturated carbocycles. The molecular formula is C17H14N4OS. The van der Waals surface area contributed by atoms with E-state index in [0.29, 0.717) is 13.0 Å². The number of rotatable bonds is 1. The highest BCUT2D eigenvalue weighted by molar-refractivity contribution is 7.15. The Balaban J connectivity index is 1.81. The van der Waals surface area contributed by atoms with Gasteiger partial charge in [0.2, 0.25) is 5.91 Å². The van der Waals surface area contributed by atoms with Crippen molar-refractivity contribution in [1.29, 1.82) is 0 Å². The van der Waals surface area contributed by atoms with Gasteiger partial charge in [0.1, 0.15) is 0 Å². The molecule has 0 radical (unpaired) electrons. The van der Waals surface area contributed by atoms with E-state index >= 15 is 0 Å². The van der Waals surface area contributed by atoms with Crippen molar-refractivity contribution in [2.45, 2.75) is 18.9 Å². The Morgan fingerprint density at radius 1 is 1.30 bits per heavy atom. The minimum absolute atomic E-state index is 0.0107. The van der Waals surface area contributed by atoms with Crippen molar-refractivity contribution >= 4 is 33.1 Å². The van der Waals surface area contributed by atoms with Gasteiger partial charge in [-0.05, 0) is 17.7 Å². The quantitative estimate of drug-likeness (QED) is 0.566. The molecule has 1 amide bonds. The maximum absolute atomic E-state index is 12.2. The van der Waals surface area contributed by atoms with Crippen LogP contribution in [0.1, 0.15) is 29.3 Å². The normalized spacial score (nSPS) is 18.1. The predicted octanol–water partition coefficient (Wildman–Crippen LogP) is 3.03. The number of hydrogen-bond donors (Lipinski definition) is 2. The van der Waals surface area contributed by atoms with Crippen molar-refractivity contribution in [2.75, 3.05) is 0 Å². The number of thiazole rings is 1. The second-order valence-corrected chi connectivity index (χ2v) is 6.69. The lowest BCUT2D eigenvalue weighted by Gasteiger charge is -2.16. The molecule has 1 aliphatic rings.